The highest BCUT2D eigenvalue weighted by molar-refractivity contribution is 5.79. The summed E-state index contributed by atoms with van der Waals surface area (Å²) in [5, 5.41) is 23.5. The molecule has 5 rings (SSSR count). The predicted molar refractivity (Wildman–Crippen MR) is 158 cm³/mol. The van der Waals surface area contributed by atoms with Crippen LogP contribution in [-0.2, 0) is 16.6 Å². The van der Waals surface area contributed by atoms with Gasteiger partial charge in [-0.1, -0.05) is 6.42 Å². The first kappa shape index (κ1) is 30.9. The number of aromatic nitrogens is 6. The van der Waals surface area contributed by atoms with Crippen LogP contribution in [-0.4, -0.2) is 78.5 Å². The maximum atomic E-state index is 15.5. The van der Waals surface area contributed by atoms with E-state index in [1.165, 1.54) is 52.4 Å². The summed E-state index contributed by atoms with van der Waals surface area (Å²) in [6.07, 6.45) is 7.23. The molecule has 2 N–H and O–H groups in total. The number of nitriles is 1. The first-order valence-corrected chi connectivity index (χ1v) is 14.8. The van der Waals surface area contributed by atoms with Crippen LogP contribution in [0.3, 0.4) is 0 Å². The van der Waals surface area contributed by atoms with E-state index in [9.17, 15) is 14.9 Å². The van der Waals surface area contributed by atoms with Crippen LogP contribution in [0, 0.1) is 23.1 Å². The third-order valence-corrected chi connectivity index (χ3v) is 8.05. The van der Waals surface area contributed by atoms with E-state index in [-0.39, 0.29) is 35.2 Å². The second-order valence-corrected chi connectivity index (χ2v) is 11.5. The standard InChI is InChI=1S/C29H37FN10O4/c1-5-43-26(41)29(2,3)44-24-13-20(30)21(14-23(24)40-28(42)38(4)36-37-40)34-27-33-17-19(15-31)25(35-27)32-16-18-9-8-12-39-11-7-6-10-22(18)39/h13-14,17-18,22H,5-12,16H2,1-4H3,(H2,32,33,34,35). The SMILES string of the molecule is CCOC(=O)C(C)(C)Oc1cc(F)c(Nc2ncc(C#N)c(NCC3CCCN4CCCCC34)n2)cc1-n1nnn(C)c1=O. The van der Waals surface area contributed by atoms with Crippen molar-refractivity contribution in [3.05, 3.63) is 40.2 Å². The van der Waals surface area contributed by atoms with E-state index in [2.05, 4.69) is 42.0 Å². The molecule has 0 bridgehead atoms. The van der Waals surface area contributed by atoms with Gasteiger partial charge in [0.05, 0.1) is 18.5 Å². The monoisotopic (exact) mass is 608 g/mol. The first-order chi connectivity index (χ1) is 21.1. The minimum Gasteiger partial charge on any atom is -0.474 e. The lowest BCUT2D eigenvalue weighted by Crippen LogP contribution is -2.49. The Balaban J connectivity index is 1.42. The lowest BCUT2D eigenvalue weighted by atomic mass is 9.83. The van der Waals surface area contributed by atoms with E-state index >= 15 is 4.39 Å². The van der Waals surface area contributed by atoms with Gasteiger partial charge in [-0.15, -0.1) is 0 Å². The summed E-state index contributed by atoms with van der Waals surface area (Å²) >= 11 is 0. The normalized spacial score (nSPS) is 18.6. The van der Waals surface area contributed by atoms with E-state index in [1.54, 1.807) is 6.92 Å². The molecule has 2 aliphatic rings. The molecule has 0 spiro atoms. The molecule has 2 aromatic heterocycles. The molecule has 14 nitrogen and oxygen atoms in total. The first-order valence-electron chi connectivity index (χ1n) is 14.8. The van der Waals surface area contributed by atoms with Gasteiger partial charge in [0.1, 0.15) is 28.9 Å². The summed E-state index contributed by atoms with van der Waals surface area (Å²) in [5.74, 6) is -0.774. The summed E-state index contributed by atoms with van der Waals surface area (Å²) in [7, 11) is 1.41. The molecule has 44 heavy (non-hydrogen) atoms. The van der Waals surface area contributed by atoms with Gasteiger partial charge in [-0.25, -0.2) is 19.0 Å². The number of ether oxygens (including phenoxy) is 2. The van der Waals surface area contributed by atoms with Crippen molar-refractivity contribution < 1.29 is 18.7 Å². The number of anilines is 3. The number of carbonyl (C=O) groups excluding carboxylic acids is 1. The van der Waals surface area contributed by atoms with Crippen molar-refractivity contribution in [3.63, 3.8) is 0 Å². The number of nitrogens with one attached hydrogen (secondary N) is 2. The van der Waals surface area contributed by atoms with Gasteiger partial charge in [0, 0.05) is 25.7 Å². The van der Waals surface area contributed by atoms with Crippen molar-refractivity contribution in [2.24, 2.45) is 13.0 Å². The quantitative estimate of drug-likeness (QED) is 0.324. The minimum atomic E-state index is -1.51. The van der Waals surface area contributed by atoms with Crippen LogP contribution in [0.2, 0.25) is 0 Å². The maximum Gasteiger partial charge on any atom is 0.368 e. The highest BCUT2D eigenvalue weighted by Crippen LogP contribution is 2.34. The van der Waals surface area contributed by atoms with Crippen LogP contribution in [0.5, 0.6) is 5.75 Å². The number of esters is 1. The molecule has 4 heterocycles. The van der Waals surface area contributed by atoms with Crippen molar-refractivity contribution in [1.82, 2.24) is 34.7 Å². The number of hydrogen-bond acceptors (Lipinski definition) is 12. The molecule has 0 aliphatic carbocycles. The van der Waals surface area contributed by atoms with Crippen molar-refractivity contribution in [2.75, 3.05) is 36.9 Å². The van der Waals surface area contributed by atoms with Gasteiger partial charge in [0.15, 0.2) is 11.4 Å². The Hall–Kier alpha value is -4.58. The topological polar surface area (TPSA) is 165 Å². The highest BCUT2D eigenvalue weighted by atomic mass is 19.1. The Kier molecular flexibility index (Phi) is 9.09. The van der Waals surface area contributed by atoms with Crippen molar-refractivity contribution in [2.45, 2.75) is 64.5 Å². The summed E-state index contributed by atoms with van der Waals surface area (Å²) in [6.45, 7) is 7.64. The lowest BCUT2D eigenvalue weighted by Gasteiger charge is -2.44. The summed E-state index contributed by atoms with van der Waals surface area (Å²) in [5.41, 5.74) is -1.95. The van der Waals surface area contributed by atoms with E-state index in [0.29, 0.717) is 24.3 Å². The van der Waals surface area contributed by atoms with Crippen LogP contribution < -0.4 is 21.1 Å². The van der Waals surface area contributed by atoms with Crippen molar-refractivity contribution in [1.29, 1.82) is 5.26 Å². The van der Waals surface area contributed by atoms with Crippen LogP contribution in [0.1, 0.15) is 58.4 Å². The summed E-state index contributed by atoms with van der Waals surface area (Å²) < 4.78 is 28.4. The second-order valence-electron chi connectivity index (χ2n) is 11.5. The molecule has 1 aromatic carbocycles. The number of hydrogen-bond donors (Lipinski definition) is 2. The van der Waals surface area contributed by atoms with E-state index in [1.807, 2.05) is 0 Å². The Morgan fingerprint density at radius 1 is 1.20 bits per heavy atom. The van der Waals surface area contributed by atoms with Crippen molar-refractivity contribution >= 4 is 23.4 Å². The zero-order chi connectivity index (χ0) is 31.4. The zero-order valence-electron chi connectivity index (χ0n) is 25.3. The number of piperidine rings is 2. The number of tetrazole rings is 1. The zero-order valence-corrected chi connectivity index (χ0v) is 25.3. The molecule has 0 radical (unpaired) electrons. The molecule has 3 aromatic rings. The van der Waals surface area contributed by atoms with Gasteiger partial charge < -0.3 is 25.0 Å². The second kappa shape index (κ2) is 13.0. The molecule has 2 unspecified atom stereocenters. The fourth-order valence-electron chi connectivity index (χ4n) is 5.80. The van der Waals surface area contributed by atoms with Gasteiger partial charge in [-0.3, -0.25) is 0 Å². The van der Waals surface area contributed by atoms with E-state index in [4.69, 9.17) is 9.47 Å². The Morgan fingerprint density at radius 2 is 2.00 bits per heavy atom. The van der Waals surface area contributed by atoms with Crippen LogP contribution in [0.15, 0.2) is 23.1 Å². The van der Waals surface area contributed by atoms with Crippen LogP contribution in [0.25, 0.3) is 5.69 Å². The van der Waals surface area contributed by atoms with E-state index < -0.39 is 23.1 Å². The molecule has 2 fully saturated rings. The van der Waals surface area contributed by atoms with Gasteiger partial charge in [-0.05, 0) is 82.0 Å². The Bertz CT molecular complexity index is 1610. The highest BCUT2D eigenvalue weighted by Gasteiger charge is 2.34. The number of fused-ring (bicyclic) bond motifs is 1. The number of rotatable bonds is 10. The molecule has 2 aliphatic heterocycles. The summed E-state index contributed by atoms with van der Waals surface area (Å²) in [6, 6.07) is 4.95. The molecule has 0 saturated carbocycles. The number of benzene rings is 1. The smallest absolute Gasteiger partial charge is 0.368 e. The third kappa shape index (κ3) is 6.49. The Labute approximate surface area is 254 Å². The Morgan fingerprint density at radius 3 is 2.73 bits per heavy atom. The van der Waals surface area contributed by atoms with Crippen molar-refractivity contribution in [3.8, 4) is 17.5 Å². The largest absolute Gasteiger partial charge is 0.474 e. The van der Waals surface area contributed by atoms with Gasteiger partial charge in [-0.2, -0.15) is 19.6 Å². The van der Waals surface area contributed by atoms with Crippen LogP contribution in [0.4, 0.5) is 21.8 Å². The third-order valence-electron chi connectivity index (χ3n) is 8.05. The number of halogens is 1. The summed E-state index contributed by atoms with van der Waals surface area (Å²) in [4.78, 5) is 36.5. The van der Waals surface area contributed by atoms with E-state index in [0.717, 1.165) is 41.4 Å². The molecule has 2 atom stereocenters. The number of aryl methyl sites for hydroxylation is 1. The number of nitrogens with zero attached hydrogens (tertiary/aromatic N) is 8. The molecular formula is C29H37FN10O4. The van der Waals surface area contributed by atoms with Gasteiger partial charge in [0.25, 0.3) is 0 Å². The average molecular weight is 609 g/mol. The van der Waals surface area contributed by atoms with Gasteiger partial charge >= 0.3 is 11.7 Å². The molecule has 2 saturated heterocycles. The fraction of sp³-hybridized carbons (Fsp3) is 0.552. The average Bonchev–Trinajstić information content (AvgIpc) is 3.34. The molecular weight excluding hydrogens is 571 g/mol. The fourth-order valence-corrected chi connectivity index (χ4v) is 5.80. The van der Waals surface area contributed by atoms with Crippen LogP contribution >= 0.6 is 0 Å². The lowest BCUT2D eigenvalue weighted by molar-refractivity contribution is -0.158. The number of carbonyl (C=O) groups is 1. The maximum absolute atomic E-state index is 15.5. The minimum absolute atomic E-state index is 0.0192. The molecule has 15 heteroatoms. The molecule has 0 amide bonds. The van der Waals surface area contributed by atoms with Gasteiger partial charge in [0.2, 0.25) is 5.95 Å². The predicted octanol–water partition coefficient (Wildman–Crippen LogP) is 2.91. The molecule has 234 valence electrons.